The Morgan fingerprint density at radius 3 is 2.56 bits per heavy atom. The lowest BCUT2D eigenvalue weighted by molar-refractivity contribution is 0.726. The van der Waals surface area contributed by atoms with Crippen LogP contribution in [0, 0.1) is 0 Å². The Hall–Kier alpha value is -1.95. The summed E-state index contributed by atoms with van der Waals surface area (Å²) < 4.78 is 1.76. The lowest BCUT2D eigenvalue weighted by atomic mass is 10.2. The minimum Gasteiger partial charge on any atom is -0.378 e. The van der Waals surface area contributed by atoms with Crippen LogP contribution in [0.2, 0.25) is 0 Å². The number of nitrogens with two attached hydrogens (primary N) is 1. The molecule has 0 saturated carbocycles. The zero-order valence-electron chi connectivity index (χ0n) is 10.7. The summed E-state index contributed by atoms with van der Waals surface area (Å²) in [7, 11) is 4.03. The maximum Gasteiger partial charge on any atom is 0.156 e. The fourth-order valence-corrected chi connectivity index (χ4v) is 1.71. The number of aromatic nitrogens is 4. The number of hydrogen-bond donors (Lipinski definition) is 1. The average Bonchev–Trinajstić information content (AvgIpc) is 2.84. The number of aryl methyl sites for hydroxylation is 1. The first-order valence-corrected chi connectivity index (χ1v) is 5.97. The molecule has 2 aromatic rings. The number of hydrogen-bond acceptors (Lipinski definition) is 5. The standard InChI is InChI=1S/C12H18N6/c1-17(2)10-5-7-11(8-6-10)18-12(4-3-9-13)14-15-16-18/h5-8H,3-4,9,13H2,1-2H3. The lowest BCUT2D eigenvalue weighted by Gasteiger charge is -2.12. The predicted molar refractivity (Wildman–Crippen MR) is 70.9 cm³/mol. The van der Waals surface area contributed by atoms with Gasteiger partial charge in [-0.3, -0.25) is 0 Å². The van der Waals surface area contributed by atoms with E-state index in [1.807, 2.05) is 38.4 Å². The fraction of sp³-hybridized carbons (Fsp3) is 0.417. The van der Waals surface area contributed by atoms with E-state index in [-0.39, 0.29) is 0 Å². The van der Waals surface area contributed by atoms with Crippen LogP contribution in [0.5, 0.6) is 0 Å². The van der Waals surface area contributed by atoms with E-state index in [1.165, 1.54) is 0 Å². The molecule has 2 rings (SSSR count). The van der Waals surface area contributed by atoms with Crippen molar-refractivity contribution in [3.05, 3.63) is 30.1 Å². The Balaban J connectivity index is 2.23. The van der Waals surface area contributed by atoms with E-state index in [0.717, 1.165) is 30.0 Å². The molecule has 0 spiro atoms. The molecule has 96 valence electrons. The van der Waals surface area contributed by atoms with Gasteiger partial charge in [-0.15, -0.1) is 5.10 Å². The molecule has 2 N–H and O–H groups in total. The Labute approximate surface area is 106 Å². The lowest BCUT2D eigenvalue weighted by Crippen LogP contribution is -2.09. The molecule has 6 nitrogen and oxygen atoms in total. The molecule has 0 aliphatic rings. The van der Waals surface area contributed by atoms with Crippen molar-refractivity contribution in [1.29, 1.82) is 0 Å². The number of nitrogens with zero attached hydrogens (tertiary/aromatic N) is 5. The van der Waals surface area contributed by atoms with Crippen molar-refractivity contribution in [3.63, 3.8) is 0 Å². The fourth-order valence-electron chi connectivity index (χ4n) is 1.71. The topological polar surface area (TPSA) is 72.9 Å². The van der Waals surface area contributed by atoms with Crippen molar-refractivity contribution in [2.24, 2.45) is 5.73 Å². The van der Waals surface area contributed by atoms with E-state index in [0.29, 0.717) is 6.54 Å². The molecule has 0 saturated heterocycles. The zero-order chi connectivity index (χ0) is 13.0. The molecule has 0 fully saturated rings. The molecule has 0 atom stereocenters. The van der Waals surface area contributed by atoms with Crippen molar-refractivity contribution in [3.8, 4) is 5.69 Å². The first-order chi connectivity index (χ1) is 8.72. The van der Waals surface area contributed by atoms with Gasteiger partial charge in [0.05, 0.1) is 5.69 Å². The van der Waals surface area contributed by atoms with E-state index in [9.17, 15) is 0 Å². The summed E-state index contributed by atoms with van der Waals surface area (Å²) >= 11 is 0. The van der Waals surface area contributed by atoms with Gasteiger partial charge in [0.2, 0.25) is 0 Å². The van der Waals surface area contributed by atoms with E-state index in [1.54, 1.807) is 4.68 Å². The summed E-state index contributed by atoms with van der Waals surface area (Å²) in [5.41, 5.74) is 7.62. The summed E-state index contributed by atoms with van der Waals surface area (Å²) in [6.45, 7) is 0.645. The minimum absolute atomic E-state index is 0.645. The largest absolute Gasteiger partial charge is 0.378 e. The molecule has 1 aromatic heterocycles. The summed E-state index contributed by atoms with van der Waals surface area (Å²) in [5, 5.41) is 11.8. The van der Waals surface area contributed by atoms with Gasteiger partial charge in [-0.2, -0.15) is 4.68 Å². The van der Waals surface area contributed by atoms with Gasteiger partial charge in [0.25, 0.3) is 0 Å². The van der Waals surface area contributed by atoms with Crippen LogP contribution >= 0.6 is 0 Å². The second-order valence-electron chi connectivity index (χ2n) is 4.31. The Morgan fingerprint density at radius 2 is 1.94 bits per heavy atom. The minimum atomic E-state index is 0.645. The highest BCUT2D eigenvalue weighted by Crippen LogP contribution is 2.15. The van der Waals surface area contributed by atoms with Crippen LogP contribution in [0.4, 0.5) is 5.69 Å². The average molecular weight is 246 g/mol. The first kappa shape index (κ1) is 12.5. The molecule has 18 heavy (non-hydrogen) atoms. The molecule has 0 radical (unpaired) electrons. The van der Waals surface area contributed by atoms with Crippen LogP contribution in [0.1, 0.15) is 12.2 Å². The van der Waals surface area contributed by atoms with Crippen molar-refractivity contribution < 1.29 is 0 Å². The molecular weight excluding hydrogens is 228 g/mol. The second-order valence-corrected chi connectivity index (χ2v) is 4.31. The third-order valence-electron chi connectivity index (χ3n) is 2.75. The normalized spacial score (nSPS) is 10.6. The van der Waals surface area contributed by atoms with E-state index < -0.39 is 0 Å². The SMILES string of the molecule is CN(C)c1ccc(-n2nnnc2CCCN)cc1. The zero-order valence-corrected chi connectivity index (χ0v) is 10.7. The maximum absolute atomic E-state index is 5.50. The van der Waals surface area contributed by atoms with Gasteiger partial charge in [-0.05, 0) is 47.7 Å². The Morgan fingerprint density at radius 1 is 1.22 bits per heavy atom. The molecule has 0 aliphatic heterocycles. The third-order valence-corrected chi connectivity index (χ3v) is 2.75. The third kappa shape index (κ3) is 2.65. The Kier molecular flexibility index (Phi) is 3.88. The summed E-state index contributed by atoms with van der Waals surface area (Å²) in [6, 6.07) is 8.11. The maximum atomic E-state index is 5.50. The van der Waals surface area contributed by atoms with Crippen molar-refractivity contribution in [2.75, 3.05) is 25.5 Å². The van der Waals surface area contributed by atoms with Gasteiger partial charge in [0.15, 0.2) is 5.82 Å². The van der Waals surface area contributed by atoms with Crippen LogP contribution < -0.4 is 10.6 Å². The van der Waals surface area contributed by atoms with Crippen molar-refractivity contribution in [1.82, 2.24) is 20.2 Å². The van der Waals surface area contributed by atoms with E-state index in [4.69, 9.17) is 5.73 Å². The van der Waals surface area contributed by atoms with Gasteiger partial charge in [-0.25, -0.2) is 0 Å². The molecule has 1 aromatic carbocycles. The molecule has 0 bridgehead atoms. The summed E-state index contributed by atoms with van der Waals surface area (Å²) in [5.74, 6) is 0.845. The monoisotopic (exact) mass is 246 g/mol. The number of anilines is 1. The van der Waals surface area contributed by atoms with Crippen molar-refractivity contribution in [2.45, 2.75) is 12.8 Å². The van der Waals surface area contributed by atoms with Gasteiger partial charge >= 0.3 is 0 Å². The molecule has 1 heterocycles. The quantitative estimate of drug-likeness (QED) is 0.837. The molecule has 0 aliphatic carbocycles. The van der Waals surface area contributed by atoms with Crippen LogP contribution in [0.25, 0.3) is 5.69 Å². The first-order valence-electron chi connectivity index (χ1n) is 5.97. The molecule has 0 amide bonds. The highest BCUT2D eigenvalue weighted by molar-refractivity contribution is 5.49. The van der Waals surface area contributed by atoms with Gasteiger partial charge in [-0.1, -0.05) is 0 Å². The van der Waals surface area contributed by atoms with E-state index >= 15 is 0 Å². The number of benzene rings is 1. The number of tetrazole rings is 1. The molecular formula is C12H18N6. The molecule has 6 heteroatoms. The van der Waals surface area contributed by atoms with Gasteiger partial charge < -0.3 is 10.6 Å². The van der Waals surface area contributed by atoms with E-state index in [2.05, 4.69) is 20.4 Å². The molecule has 0 unspecified atom stereocenters. The van der Waals surface area contributed by atoms with Crippen LogP contribution in [0.15, 0.2) is 24.3 Å². The second kappa shape index (κ2) is 5.59. The van der Waals surface area contributed by atoms with Crippen molar-refractivity contribution >= 4 is 5.69 Å². The van der Waals surface area contributed by atoms with Gasteiger partial charge in [0.1, 0.15) is 0 Å². The highest BCUT2D eigenvalue weighted by atomic mass is 15.5. The Bertz CT molecular complexity index is 488. The summed E-state index contributed by atoms with van der Waals surface area (Å²) in [4.78, 5) is 2.05. The number of rotatable bonds is 5. The smallest absolute Gasteiger partial charge is 0.156 e. The van der Waals surface area contributed by atoms with Crippen LogP contribution in [0.3, 0.4) is 0 Å². The predicted octanol–water partition coefficient (Wildman–Crippen LogP) is 0.620. The van der Waals surface area contributed by atoms with Crippen LogP contribution in [-0.2, 0) is 6.42 Å². The van der Waals surface area contributed by atoms with Gasteiger partial charge in [0, 0.05) is 26.2 Å². The highest BCUT2D eigenvalue weighted by Gasteiger charge is 2.07. The van der Waals surface area contributed by atoms with Crippen LogP contribution in [-0.4, -0.2) is 40.8 Å². The summed E-state index contributed by atoms with van der Waals surface area (Å²) in [6.07, 6.45) is 1.68.